The summed E-state index contributed by atoms with van der Waals surface area (Å²) >= 11 is 0. The molecule has 1 fully saturated rings. The lowest BCUT2D eigenvalue weighted by Gasteiger charge is -2.40. The van der Waals surface area contributed by atoms with Gasteiger partial charge in [-0.2, -0.15) is 0 Å². The second-order valence-corrected chi connectivity index (χ2v) is 18.6. The molecule has 11 heteroatoms. The largest absolute Gasteiger partial charge is 0.394 e. The summed E-state index contributed by atoms with van der Waals surface area (Å²) in [4.78, 5) is 13.1. The predicted octanol–water partition coefficient (Wildman–Crippen LogP) is 9.79. The average Bonchev–Trinajstić information content (AvgIpc) is 3.28. The maximum Gasteiger partial charge on any atom is 0.249 e. The first-order valence-corrected chi connectivity index (χ1v) is 26.2. The molecular formula is C52H99NO10. The number of rotatable bonds is 44. The minimum Gasteiger partial charge on any atom is -0.394 e. The van der Waals surface area contributed by atoms with Crippen molar-refractivity contribution in [1.29, 1.82) is 0 Å². The molecule has 0 saturated carbocycles. The molecule has 0 aromatic heterocycles. The van der Waals surface area contributed by atoms with Crippen molar-refractivity contribution >= 4 is 5.91 Å². The van der Waals surface area contributed by atoms with Crippen LogP contribution < -0.4 is 5.32 Å². The number of hydrogen-bond acceptors (Lipinski definition) is 10. The molecule has 1 saturated heterocycles. The second-order valence-electron chi connectivity index (χ2n) is 18.6. The van der Waals surface area contributed by atoms with E-state index >= 15 is 0 Å². The third-order valence-electron chi connectivity index (χ3n) is 12.7. The molecule has 0 radical (unpaired) electrons. The van der Waals surface area contributed by atoms with Crippen molar-refractivity contribution in [2.45, 2.75) is 287 Å². The Kier molecular flexibility index (Phi) is 39.7. The van der Waals surface area contributed by atoms with Crippen molar-refractivity contribution in [3.05, 3.63) is 24.3 Å². The van der Waals surface area contributed by atoms with Crippen LogP contribution in [-0.4, -0.2) is 110 Å². The zero-order chi connectivity index (χ0) is 46.2. The normalized spacial score (nSPS) is 21.3. The van der Waals surface area contributed by atoms with Crippen LogP contribution >= 0.6 is 0 Å². The van der Waals surface area contributed by atoms with E-state index in [0.717, 1.165) is 38.5 Å². The van der Waals surface area contributed by atoms with Crippen LogP contribution in [0.4, 0.5) is 0 Å². The summed E-state index contributed by atoms with van der Waals surface area (Å²) in [5.74, 6) is -0.710. The van der Waals surface area contributed by atoms with Gasteiger partial charge in [0.05, 0.1) is 25.4 Å². The van der Waals surface area contributed by atoms with Crippen LogP contribution in [0.3, 0.4) is 0 Å². The summed E-state index contributed by atoms with van der Waals surface area (Å²) in [5.41, 5.74) is 0. The van der Waals surface area contributed by atoms with E-state index < -0.39 is 74.2 Å². The lowest BCUT2D eigenvalue weighted by atomic mass is 9.98. The van der Waals surface area contributed by atoms with Gasteiger partial charge in [-0.25, -0.2) is 0 Å². The van der Waals surface area contributed by atoms with Crippen LogP contribution in [0, 0.1) is 0 Å². The molecule has 0 aliphatic carbocycles. The van der Waals surface area contributed by atoms with Crippen molar-refractivity contribution in [2.75, 3.05) is 13.2 Å². The minimum atomic E-state index is -1.67. The lowest BCUT2D eigenvalue weighted by Crippen LogP contribution is -2.60. The van der Waals surface area contributed by atoms with Crippen LogP contribution in [0.25, 0.3) is 0 Å². The number of ether oxygens (including phenoxy) is 2. The number of nitrogens with one attached hydrogen (secondary N) is 1. The Bertz CT molecular complexity index is 1080. The second kappa shape index (κ2) is 42.0. The quantitative estimate of drug-likeness (QED) is 0.0216. The first-order valence-electron chi connectivity index (χ1n) is 26.2. The van der Waals surface area contributed by atoms with E-state index in [4.69, 9.17) is 9.47 Å². The standard InChI is InChI=1S/C52H99NO10/c1-3-5-7-9-11-13-15-17-18-19-20-21-22-23-24-25-26-27-28-30-31-33-35-37-39-44(55)47(57)43(42-62-52-50(60)49(59)48(58)46(41-54)63-52)53-51(61)45(56)40-38-36-34-32-29-16-14-12-10-8-6-4-2/h26-27,31,33,43-50,52,54-60H,3-25,28-30,32,34-42H2,1-2H3,(H,53,61)/b27-26+,33-31+. The summed E-state index contributed by atoms with van der Waals surface area (Å²) in [5, 5.41) is 75.8. The number of hydrogen-bond donors (Lipinski definition) is 8. The molecule has 0 aromatic carbocycles. The topological polar surface area (TPSA) is 189 Å². The number of aliphatic hydroxyl groups excluding tert-OH is 7. The lowest BCUT2D eigenvalue weighted by molar-refractivity contribution is -0.303. The third kappa shape index (κ3) is 31.2. The fourth-order valence-corrected chi connectivity index (χ4v) is 8.40. The molecule has 11 nitrogen and oxygen atoms in total. The molecule has 0 spiro atoms. The van der Waals surface area contributed by atoms with Crippen molar-refractivity contribution in [3.63, 3.8) is 0 Å². The van der Waals surface area contributed by atoms with Gasteiger partial charge in [0, 0.05) is 0 Å². The van der Waals surface area contributed by atoms with E-state index in [-0.39, 0.29) is 12.8 Å². The molecule has 1 rings (SSSR count). The minimum absolute atomic E-state index is 0.249. The fourth-order valence-electron chi connectivity index (χ4n) is 8.40. The Morgan fingerprint density at radius 2 is 0.952 bits per heavy atom. The van der Waals surface area contributed by atoms with Gasteiger partial charge in [0.1, 0.15) is 36.6 Å². The highest BCUT2D eigenvalue weighted by atomic mass is 16.7. The van der Waals surface area contributed by atoms with E-state index in [1.807, 2.05) is 0 Å². The molecule has 9 unspecified atom stereocenters. The highest BCUT2D eigenvalue weighted by Gasteiger charge is 2.44. The summed E-state index contributed by atoms with van der Waals surface area (Å²) in [6, 6.07) is -1.19. The molecule has 9 atom stereocenters. The summed E-state index contributed by atoms with van der Waals surface area (Å²) in [6.07, 6.45) is 36.7. The van der Waals surface area contributed by atoms with Gasteiger partial charge in [0.25, 0.3) is 0 Å². The number of allylic oxidation sites excluding steroid dienone is 4. The summed E-state index contributed by atoms with van der Waals surface area (Å²) in [6.45, 7) is 3.43. The molecule has 8 N–H and O–H groups in total. The van der Waals surface area contributed by atoms with Crippen LogP contribution in [0.5, 0.6) is 0 Å². The number of aliphatic hydroxyl groups is 7. The molecule has 0 aromatic rings. The predicted molar refractivity (Wildman–Crippen MR) is 256 cm³/mol. The Balaban J connectivity index is 2.37. The van der Waals surface area contributed by atoms with Crippen molar-refractivity contribution in [2.24, 2.45) is 0 Å². The zero-order valence-corrected chi connectivity index (χ0v) is 40.3. The smallest absolute Gasteiger partial charge is 0.249 e. The molecule has 1 aliphatic rings. The summed E-state index contributed by atoms with van der Waals surface area (Å²) in [7, 11) is 0. The van der Waals surface area contributed by atoms with Gasteiger partial charge in [-0.1, -0.05) is 205 Å². The molecule has 372 valence electrons. The van der Waals surface area contributed by atoms with Gasteiger partial charge in [-0.05, 0) is 51.4 Å². The first-order chi connectivity index (χ1) is 30.7. The average molecular weight is 898 g/mol. The van der Waals surface area contributed by atoms with Crippen LogP contribution in [0.15, 0.2) is 24.3 Å². The number of carbonyl (C=O) groups excluding carboxylic acids is 1. The van der Waals surface area contributed by atoms with Crippen LogP contribution in [0.1, 0.15) is 232 Å². The Hall–Kier alpha value is -1.41. The van der Waals surface area contributed by atoms with Gasteiger partial charge in [0.2, 0.25) is 5.91 Å². The monoisotopic (exact) mass is 898 g/mol. The van der Waals surface area contributed by atoms with Crippen LogP contribution in [0.2, 0.25) is 0 Å². The highest BCUT2D eigenvalue weighted by Crippen LogP contribution is 2.23. The maximum atomic E-state index is 13.1. The van der Waals surface area contributed by atoms with Gasteiger partial charge in [-0.15, -0.1) is 0 Å². The van der Waals surface area contributed by atoms with Gasteiger partial charge < -0.3 is 50.5 Å². The van der Waals surface area contributed by atoms with E-state index in [1.165, 1.54) is 148 Å². The Labute approximate surface area is 384 Å². The van der Waals surface area contributed by atoms with Gasteiger partial charge in [-0.3, -0.25) is 4.79 Å². The van der Waals surface area contributed by atoms with E-state index in [1.54, 1.807) is 0 Å². The van der Waals surface area contributed by atoms with Crippen molar-refractivity contribution < 1.29 is 50.0 Å². The first kappa shape index (κ1) is 59.6. The van der Waals surface area contributed by atoms with Gasteiger partial charge >= 0.3 is 0 Å². The van der Waals surface area contributed by atoms with E-state index in [0.29, 0.717) is 19.3 Å². The van der Waals surface area contributed by atoms with Crippen molar-refractivity contribution in [1.82, 2.24) is 5.32 Å². The number of unbranched alkanes of at least 4 members (excludes halogenated alkanes) is 28. The maximum absolute atomic E-state index is 13.1. The van der Waals surface area contributed by atoms with E-state index in [2.05, 4.69) is 43.5 Å². The number of carbonyl (C=O) groups is 1. The molecule has 63 heavy (non-hydrogen) atoms. The van der Waals surface area contributed by atoms with E-state index in [9.17, 15) is 40.5 Å². The van der Waals surface area contributed by atoms with Gasteiger partial charge in [0.15, 0.2) is 6.29 Å². The molecule has 1 aliphatic heterocycles. The molecular weight excluding hydrogens is 799 g/mol. The Morgan fingerprint density at radius 1 is 0.540 bits per heavy atom. The summed E-state index contributed by atoms with van der Waals surface area (Å²) < 4.78 is 11.1. The molecule has 1 amide bonds. The zero-order valence-electron chi connectivity index (χ0n) is 40.3. The fraction of sp³-hybridized carbons (Fsp3) is 0.904. The molecule has 0 bridgehead atoms. The SMILES string of the molecule is CCCCCCCCCCCCCCCCC/C=C/CC/C=C/CCCC(O)C(O)C(COC1OC(CO)C(O)C(O)C1O)NC(=O)C(O)CCCCCCCCCCCCCC. The third-order valence-corrected chi connectivity index (χ3v) is 12.7. The van der Waals surface area contributed by atoms with Crippen molar-refractivity contribution in [3.8, 4) is 0 Å². The highest BCUT2D eigenvalue weighted by molar-refractivity contribution is 5.80. The number of amides is 1. The molecule has 1 heterocycles. The van der Waals surface area contributed by atoms with Crippen LogP contribution in [-0.2, 0) is 14.3 Å². The Morgan fingerprint density at radius 3 is 1.41 bits per heavy atom.